The number of hydrogen-bond donors (Lipinski definition) is 0. The number of hydrogen-bond acceptors (Lipinski definition) is 5. The number of aromatic nitrogens is 4. The molecular weight excluding hydrogens is 318 g/mol. The molecule has 7 heteroatoms. The molecule has 0 aromatic carbocycles. The molecular formula is C18H21N5O2. The molecule has 3 aromatic heterocycles. The normalized spacial score (nSPS) is 14.1. The molecule has 25 heavy (non-hydrogen) atoms. The Morgan fingerprint density at radius 1 is 1.32 bits per heavy atom. The second-order valence-corrected chi connectivity index (χ2v) is 6.65. The average molecular weight is 339 g/mol. The first-order valence-electron chi connectivity index (χ1n) is 8.55. The van der Waals surface area contributed by atoms with Gasteiger partial charge in [-0.15, -0.1) is 0 Å². The summed E-state index contributed by atoms with van der Waals surface area (Å²) in [6, 6.07) is 1.97. The van der Waals surface area contributed by atoms with Crippen LogP contribution in [0.1, 0.15) is 40.4 Å². The molecule has 0 unspecified atom stereocenters. The van der Waals surface area contributed by atoms with Gasteiger partial charge in [0.05, 0.1) is 17.1 Å². The number of carbonyl (C=O) groups excluding carboxylic acids is 1. The highest BCUT2D eigenvalue weighted by Gasteiger charge is 2.24. The highest BCUT2D eigenvalue weighted by Crippen LogP contribution is 2.21. The van der Waals surface area contributed by atoms with Gasteiger partial charge in [0.25, 0.3) is 0 Å². The van der Waals surface area contributed by atoms with Crippen LogP contribution in [0.2, 0.25) is 0 Å². The van der Waals surface area contributed by atoms with Gasteiger partial charge in [0.1, 0.15) is 5.76 Å². The minimum atomic E-state index is 0.155. The first kappa shape index (κ1) is 15.8. The second kappa shape index (κ2) is 5.98. The van der Waals surface area contributed by atoms with E-state index in [-0.39, 0.29) is 5.91 Å². The molecule has 0 bridgehead atoms. The van der Waals surface area contributed by atoms with Crippen molar-refractivity contribution >= 4 is 11.6 Å². The van der Waals surface area contributed by atoms with Crippen molar-refractivity contribution in [1.29, 1.82) is 0 Å². The summed E-state index contributed by atoms with van der Waals surface area (Å²) in [7, 11) is 0. The van der Waals surface area contributed by atoms with E-state index in [1.54, 1.807) is 0 Å². The quantitative estimate of drug-likeness (QED) is 0.731. The Morgan fingerprint density at radius 2 is 2.16 bits per heavy atom. The fourth-order valence-electron chi connectivity index (χ4n) is 3.52. The topological polar surface area (TPSA) is 76.5 Å². The summed E-state index contributed by atoms with van der Waals surface area (Å²) in [6.45, 7) is 7.08. The third-order valence-corrected chi connectivity index (χ3v) is 4.89. The predicted octanol–water partition coefficient (Wildman–Crippen LogP) is 2.16. The van der Waals surface area contributed by atoms with Gasteiger partial charge in [0.2, 0.25) is 5.91 Å². The van der Waals surface area contributed by atoms with E-state index in [1.807, 2.05) is 42.4 Å². The largest absolute Gasteiger partial charge is 0.361 e. The smallest absolute Gasteiger partial charge is 0.223 e. The molecule has 0 spiro atoms. The van der Waals surface area contributed by atoms with E-state index in [0.717, 1.165) is 46.0 Å². The fourth-order valence-corrected chi connectivity index (χ4v) is 3.52. The summed E-state index contributed by atoms with van der Waals surface area (Å²) in [6.07, 6.45) is 3.81. The number of fused-ring (bicyclic) bond motifs is 3. The van der Waals surface area contributed by atoms with Crippen LogP contribution < -0.4 is 0 Å². The second-order valence-electron chi connectivity index (χ2n) is 6.65. The molecule has 3 aromatic rings. The molecule has 1 aliphatic rings. The van der Waals surface area contributed by atoms with Crippen molar-refractivity contribution in [2.45, 2.75) is 46.6 Å². The number of rotatable bonds is 3. The molecule has 130 valence electrons. The van der Waals surface area contributed by atoms with Crippen LogP contribution >= 0.6 is 0 Å². The molecule has 0 radical (unpaired) electrons. The Bertz CT molecular complexity index is 936. The van der Waals surface area contributed by atoms with Crippen LogP contribution in [0.25, 0.3) is 5.65 Å². The summed E-state index contributed by atoms with van der Waals surface area (Å²) in [5.74, 6) is 0.956. The molecule has 7 nitrogen and oxygen atoms in total. The molecule has 0 saturated heterocycles. The predicted molar refractivity (Wildman–Crippen MR) is 91.1 cm³/mol. The standard InChI is InChI=1S/C18H21N5O2/c1-11-8-17-19-9-14-10-22(7-6-16(14)23(17)20-11)18(24)5-4-15-12(2)21-25-13(15)3/h8-9H,4-7,10H2,1-3H3. The maximum absolute atomic E-state index is 12.6. The van der Waals surface area contributed by atoms with Gasteiger partial charge in [-0.05, 0) is 27.2 Å². The first-order valence-corrected chi connectivity index (χ1v) is 8.55. The third kappa shape index (κ3) is 2.79. The average Bonchev–Trinajstić information content (AvgIpc) is 3.14. The van der Waals surface area contributed by atoms with Gasteiger partial charge >= 0.3 is 0 Å². The Labute approximate surface area is 145 Å². The number of nitrogens with zero attached hydrogens (tertiary/aromatic N) is 5. The van der Waals surface area contributed by atoms with Crippen LogP contribution in [0.4, 0.5) is 0 Å². The summed E-state index contributed by atoms with van der Waals surface area (Å²) in [4.78, 5) is 19.0. The van der Waals surface area contributed by atoms with Crippen molar-refractivity contribution in [3.05, 3.63) is 46.2 Å². The van der Waals surface area contributed by atoms with Crippen LogP contribution in [0.3, 0.4) is 0 Å². The number of carbonyl (C=O) groups is 1. The number of amides is 1. The highest BCUT2D eigenvalue weighted by molar-refractivity contribution is 5.76. The van der Waals surface area contributed by atoms with Crippen LogP contribution in [0.15, 0.2) is 16.8 Å². The molecule has 0 saturated carbocycles. The maximum atomic E-state index is 12.6. The van der Waals surface area contributed by atoms with Gasteiger partial charge in [-0.25, -0.2) is 9.50 Å². The zero-order valence-corrected chi connectivity index (χ0v) is 14.7. The first-order chi connectivity index (χ1) is 12.0. The molecule has 0 atom stereocenters. The maximum Gasteiger partial charge on any atom is 0.223 e. The van der Waals surface area contributed by atoms with E-state index in [0.29, 0.717) is 25.9 Å². The van der Waals surface area contributed by atoms with Crippen molar-refractivity contribution in [3.63, 3.8) is 0 Å². The molecule has 4 heterocycles. The van der Waals surface area contributed by atoms with E-state index in [1.165, 1.54) is 0 Å². The van der Waals surface area contributed by atoms with E-state index in [2.05, 4.69) is 15.2 Å². The Morgan fingerprint density at radius 3 is 2.92 bits per heavy atom. The van der Waals surface area contributed by atoms with Crippen molar-refractivity contribution in [2.75, 3.05) is 6.54 Å². The fraction of sp³-hybridized carbons (Fsp3) is 0.444. The third-order valence-electron chi connectivity index (χ3n) is 4.89. The molecule has 1 aliphatic heterocycles. The van der Waals surface area contributed by atoms with Gasteiger partial charge in [-0.2, -0.15) is 5.10 Å². The number of aryl methyl sites for hydroxylation is 3. The van der Waals surface area contributed by atoms with Gasteiger partial charge in [-0.1, -0.05) is 5.16 Å². The zero-order valence-electron chi connectivity index (χ0n) is 14.7. The minimum Gasteiger partial charge on any atom is -0.361 e. The molecule has 0 N–H and O–H groups in total. The lowest BCUT2D eigenvalue weighted by Crippen LogP contribution is -2.37. The highest BCUT2D eigenvalue weighted by atomic mass is 16.5. The summed E-state index contributed by atoms with van der Waals surface area (Å²) in [5, 5.41) is 8.47. The van der Waals surface area contributed by atoms with E-state index < -0.39 is 0 Å². The lowest BCUT2D eigenvalue weighted by Gasteiger charge is -2.28. The molecule has 1 amide bonds. The lowest BCUT2D eigenvalue weighted by atomic mass is 10.0. The zero-order chi connectivity index (χ0) is 17.6. The SMILES string of the molecule is Cc1cc2ncc3c(n2n1)CCN(C(=O)CCc1c(C)noc1C)C3. The van der Waals surface area contributed by atoms with Crippen molar-refractivity contribution in [1.82, 2.24) is 24.7 Å². The van der Waals surface area contributed by atoms with E-state index in [9.17, 15) is 4.79 Å². The van der Waals surface area contributed by atoms with Crippen molar-refractivity contribution in [3.8, 4) is 0 Å². The van der Waals surface area contributed by atoms with E-state index >= 15 is 0 Å². The van der Waals surface area contributed by atoms with Gasteiger partial charge in [0, 0.05) is 49.3 Å². The van der Waals surface area contributed by atoms with Crippen LogP contribution in [-0.2, 0) is 24.2 Å². The van der Waals surface area contributed by atoms with Crippen molar-refractivity contribution in [2.24, 2.45) is 0 Å². The summed E-state index contributed by atoms with van der Waals surface area (Å²) in [5.41, 5.74) is 5.98. The molecule has 4 rings (SSSR count). The van der Waals surface area contributed by atoms with Gasteiger partial charge in [-0.3, -0.25) is 4.79 Å². The Hall–Kier alpha value is -2.70. The molecule has 0 aliphatic carbocycles. The van der Waals surface area contributed by atoms with Crippen LogP contribution in [0.5, 0.6) is 0 Å². The molecule has 0 fully saturated rings. The summed E-state index contributed by atoms with van der Waals surface area (Å²) < 4.78 is 7.08. The Kier molecular flexibility index (Phi) is 3.78. The van der Waals surface area contributed by atoms with Crippen LogP contribution in [-0.4, -0.2) is 37.1 Å². The van der Waals surface area contributed by atoms with Crippen molar-refractivity contribution < 1.29 is 9.32 Å². The monoisotopic (exact) mass is 339 g/mol. The van der Waals surface area contributed by atoms with Gasteiger partial charge in [0.15, 0.2) is 5.65 Å². The lowest BCUT2D eigenvalue weighted by molar-refractivity contribution is -0.132. The van der Waals surface area contributed by atoms with Gasteiger partial charge < -0.3 is 9.42 Å². The van der Waals surface area contributed by atoms with Crippen LogP contribution in [0, 0.1) is 20.8 Å². The summed E-state index contributed by atoms with van der Waals surface area (Å²) >= 11 is 0. The Balaban J connectivity index is 1.48. The minimum absolute atomic E-state index is 0.155. The van der Waals surface area contributed by atoms with E-state index in [4.69, 9.17) is 4.52 Å².